The first-order chi connectivity index (χ1) is 14.6. The summed E-state index contributed by atoms with van der Waals surface area (Å²) in [7, 11) is 0. The molecule has 0 unspecified atom stereocenters. The molecule has 1 saturated heterocycles. The molecule has 0 bridgehead atoms. The van der Waals surface area contributed by atoms with Gasteiger partial charge in [-0.25, -0.2) is 0 Å². The first-order valence-electron chi connectivity index (χ1n) is 9.68. The van der Waals surface area contributed by atoms with Crippen molar-refractivity contribution in [1.82, 2.24) is 15.0 Å². The summed E-state index contributed by atoms with van der Waals surface area (Å²) < 4.78 is 5.27. The van der Waals surface area contributed by atoms with Crippen molar-refractivity contribution >= 4 is 29.1 Å². The van der Waals surface area contributed by atoms with E-state index in [-0.39, 0.29) is 24.1 Å². The van der Waals surface area contributed by atoms with E-state index in [9.17, 15) is 9.59 Å². The summed E-state index contributed by atoms with van der Waals surface area (Å²) in [6.45, 7) is 2.47. The molecule has 4 rings (SSSR count). The number of hydrogen-bond acceptors (Lipinski definition) is 5. The number of carbonyl (C=O) groups is 2. The summed E-state index contributed by atoms with van der Waals surface area (Å²) in [6.07, 6.45) is 0. The number of para-hydroxylation sites is 1. The number of hydrogen-bond donors (Lipinski definition) is 1. The van der Waals surface area contributed by atoms with Crippen LogP contribution in [0.1, 0.15) is 10.6 Å². The molecule has 0 aliphatic carbocycles. The van der Waals surface area contributed by atoms with Gasteiger partial charge in [0.25, 0.3) is 5.91 Å². The fraction of sp³-hybridized carbons (Fsp3) is 0.227. The second kappa shape index (κ2) is 9.11. The summed E-state index contributed by atoms with van der Waals surface area (Å²) in [5, 5.41) is 7.33. The molecule has 3 aromatic rings. The van der Waals surface area contributed by atoms with E-state index < -0.39 is 0 Å². The van der Waals surface area contributed by atoms with Gasteiger partial charge in [0.1, 0.15) is 5.69 Å². The van der Waals surface area contributed by atoms with Crippen molar-refractivity contribution in [3.8, 4) is 11.3 Å². The molecule has 7 nitrogen and oxygen atoms in total. The van der Waals surface area contributed by atoms with Crippen LogP contribution in [0, 0.1) is 0 Å². The van der Waals surface area contributed by atoms with Gasteiger partial charge in [0.05, 0.1) is 17.3 Å². The Morgan fingerprint density at radius 3 is 2.43 bits per heavy atom. The van der Waals surface area contributed by atoms with Crippen molar-refractivity contribution in [2.75, 3.05) is 38.0 Å². The molecule has 0 radical (unpaired) electrons. The number of aromatic nitrogens is 1. The van der Waals surface area contributed by atoms with Crippen molar-refractivity contribution in [2.45, 2.75) is 0 Å². The molecule has 0 spiro atoms. The number of nitrogens with one attached hydrogen (secondary N) is 1. The fourth-order valence-corrected chi connectivity index (χ4v) is 3.52. The minimum absolute atomic E-state index is 0.134. The minimum atomic E-state index is -0.190. The zero-order chi connectivity index (χ0) is 20.9. The van der Waals surface area contributed by atoms with Crippen LogP contribution in [0.25, 0.3) is 11.3 Å². The van der Waals surface area contributed by atoms with Gasteiger partial charge in [-0.15, -0.1) is 0 Å². The zero-order valence-electron chi connectivity index (χ0n) is 16.3. The largest absolute Gasteiger partial charge is 0.350 e. The summed E-state index contributed by atoms with van der Waals surface area (Å²) in [4.78, 5) is 28.7. The topological polar surface area (TPSA) is 78.7 Å². The normalized spacial score (nSPS) is 14.5. The Labute approximate surface area is 179 Å². The number of benzene rings is 2. The molecule has 154 valence electrons. The third-order valence-corrected chi connectivity index (χ3v) is 5.29. The van der Waals surface area contributed by atoms with Gasteiger partial charge in [-0.2, -0.15) is 0 Å². The number of halogens is 1. The highest BCUT2D eigenvalue weighted by Gasteiger charge is 2.26. The molecular formula is C22H21ClN4O3. The Morgan fingerprint density at radius 1 is 1.00 bits per heavy atom. The lowest BCUT2D eigenvalue weighted by Crippen LogP contribution is -2.50. The van der Waals surface area contributed by atoms with Crippen LogP contribution in [0.3, 0.4) is 0 Å². The smallest absolute Gasteiger partial charge is 0.292 e. The molecule has 0 saturated carbocycles. The summed E-state index contributed by atoms with van der Waals surface area (Å²) in [5.74, 6) is -0.103. The average molecular weight is 425 g/mol. The van der Waals surface area contributed by atoms with E-state index in [1.807, 2.05) is 47.4 Å². The van der Waals surface area contributed by atoms with E-state index in [2.05, 4.69) is 10.5 Å². The molecule has 2 aromatic carbocycles. The van der Waals surface area contributed by atoms with E-state index >= 15 is 0 Å². The van der Waals surface area contributed by atoms with Gasteiger partial charge in [0.2, 0.25) is 11.7 Å². The maximum Gasteiger partial charge on any atom is 0.292 e. The summed E-state index contributed by atoms with van der Waals surface area (Å²) in [5.41, 5.74) is 2.13. The van der Waals surface area contributed by atoms with E-state index in [4.69, 9.17) is 16.1 Å². The predicted octanol–water partition coefficient (Wildman–Crippen LogP) is 3.39. The van der Waals surface area contributed by atoms with Crippen LogP contribution in [0.4, 0.5) is 5.69 Å². The summed E-state index contributed by atoms with van der Waals surface area (Å²) >= 11 is 6.08. The van der Waals surface area contributed by atoms with Gasteiger partial charge in [0.15, 0.2) is 0 Å². The first kappa shape index (κ1) is 20.1. The van der Waals surface area contributed by atoms with Crippen LogP contribution >= 0.6 is 11.6 Å². The van der Waals surface area contributed by atoms with Crippen molar-refractivity contribution in [3.63, 3.8) is 0 Å². The van der Waals surface area contributed by atoms with Crippen molar-refractivity contribution < 1.29 is 14.1 Å². The van der Waals surface area contributed by atoms with Gasteiger partial charge < -0.3 is 14.7 Å². The maximum absolute atomic E-state index is 12.7. The van der Waals surface area contributed by atoms with Gasteiger partial charge in [-0.3, -0.25) is 14.5 Å². The second-order valence-electron chi connectivity index (χ2n) is 7.04. The number of amides is 2. The molecule has 2 heterocycles. The Kier molecular flexibility index (Phi) is 6.11. The van der Waals surface area contributed by atoms with E-state index in [1.54, 1.807) is 23.1 Å². The Bertz CT molecular complexity index is 1030. The average Bonchev–Trinajstić information content (AvgIpc) is 3.26. The van der Waals surface area contributed by atoms with Crippen LogP contribution in [0.5, 0.6) is 0 Å². The van der Waals surface area contributed by atoms with Crippen LogP contribution in [0.2, 0.25) is 5.02 Å². The van der Waals surface area contributed by atoms with Gasteiger partial charge in [-0.1, -0.05) is 59.2 Å². The third kappa shape index (κ3) is 4.69. The minimum Gasteiger partial charge on any atom is -0.350 e. The standard InChI is InChI=1S/C22H21ClN4O3/c23-17-8-4-5-9-18(17)24-21(28)15-26-10-12-27(13-11-26)22(29)20-14-19(25-30-20)16-6-2-1-3-7-16/h1-9,14H,10-13,15H2,(H,24,28). The second-order valence-corrected chi connectivity index (χ2v) is 7.45. The maximum atomic E-state index is 12.7. The highest BCUT2D eigenvalue weighted by Crippen LogP contribution is 2.21. The van der Waals surface area contributed by atoms with E-state index in [1.165, 1.54) is 0 Å². The van der Waals surface area contributed by atoms with Crippen LogP contribution in [0.15, 0.2) is 65.2 Å². The van der Waals surface area contributed by atoms with Crippen LogP contribution < -0.4 is 5.32 Å². The van der Waals surface area contributed by atoms with E-state index in [0.717, 1.165) is 5.56 Å². The SMILES string of the molecule is O=C(CN1CCN(C(=O)c2cc(-c3ccccc3)no2)CC1)Nc1ccccc1Cl. The number of nitrogens with zero attached hydrogens (tertiary/aromatic N) is 3. The number of carbonyl (C=O) groups excluding carboxylic acids is 2. The highest BCUT2D eigenvalue weighted by molar-refractivity contribution is 6.33. The van der Waals surface area contributed by atoms with Crippen LogP contribution in [-0.2, 0) is 4.79 Å². The number of anilines is 1. The molecule has 1 aromatic heterocycles. The molecule has 1 fully saturated rings. The van der Waals surface area contributed by atoms with Crippen LogP contribution in [-0.4, -0.2) is 59.5 Å². The lowest BCUT2D eigenvalue weighted by molar-refractivity contribution is -0.117. The lowest BCUT2D eigenvalue weighted by atomic mass is 10.1. The zero-order valence-corrected chi connectivity index (χ0v) is 17.0. The highest BCUT2D eigenvalue weighted by atomic mass is 35.5. The fourth-order valence-electron chi connectivity index (χ4n) is 3.34. The van der Waals surface area contributed by atoms with Gasteiger partial charge in [-0.05, 0) is 12.1 Å². The molecule has 1 N–H and O–H groups in total. The first-order valence-corrected chi connectivity index (χ1v) is 10.1. The molecule has 2 amide bonds. The van der Waals surface area contributed by atoms with Crippen molar-refractivity contribution in [3.05, 3.63) is 71.4 Å². The molecule has 30 heavy (non-hydrogen) atoms. The quantitative estimate of drug-likeness (QED) is 0.679. The third-order valence-electron chi connectivity index (χ3n) is 4.97. The lowest BCUT2D eigenvalue weighted by Gasteiger charge is -2.33. The Morgan fingerprint density at radius 2 is 1.70 bits per heavy atom. The monoisotopic (exact) mass is 424 g/mol. The molecule has 1 aliphatic rings. The Balaban J connectivity index is 1.29. The van der Waals surface area contributed by atoms with Gasteiger partial charge >= 0.3 is 0 Å². The molecule has 0 atom stereocenters. The predicted molar refractivity (Wildman–Crippen MR) is 114 cm³/mol. The molecule has 8 heteroatoms. The van der Waals surface area contributed by atoms with E-state index in [0.29, 0.717) is 42.6 Å². The number of piperazine rings is 1. The summed E-state index contributed by atoms with van der Waals surface area (Å²) in [6, 6.07) is 18.4. The van der Waals surface area contributed by atoms with Gasteiger partial charge in [0, 0.05) is 37.8 Å². The van der Waals surface area contributed by atoms with Crippen molar-refractivity contribution in [1.29, 1.82) is 0 Å². The Hall–Kier alpha value is -3.16. The number of rotatable bonds is 5. The molecule has 1 aliphatic heterocycles. The molecular weight excluding hydrogens is 404 g/mol. The van der Waals surface area contributed by atoms with Crippen molar-refractivity contribution in [2.24, 2.45) is 0 Å².